The summed E-state index contributed by atoms with van der Waals surface area (Å²) < 4.78 is 13.4. The van der Waals surface area contributed by atoms with E-state index < -0.39 is 0 Å². The van der Waals surface area contributed by atoms with Gasteiger partial charge in [0, 0.05) is 36.1 Å². The van der Waals surface area contributed by atoms with Crippen molar-refractivity contribution in [2.45, 2.75) is 19.3 Å². The molecule has 3 heterocycles. The molecule has 3 aromatic rings. The van der Waals surface area contributed by atoms with Crippen LogP contribution in [0.2, 0.25) is 0 Å². The van der Waals surface area contributed by atoms with Crippen LogP contribution in [0, 0.1) is 11.7 Å². The molecule has 1 aromatic carbocycles. The third-order valence-electron chi connectivity index (χ3n) is 5.47. The van der Waals surface area contributed by atoms with E-state index in [9.17, 15) is 4.39 Å². The van der Waals surface area contributed by atoms with Crippen LogP contribution in [0.5, 0.6) is 0 Å². The highest BCUT2D eigenvalue weighted by Crippen LogP contribution is 2.38. The van der Waals surface area contributed by atoms with Gasteiger partial charge < -0.3 is 9.88 Å². The summed E-state index contributed by atoms with van der Waals surface area (Å²) in [5, 5.41) is 0. The van der Waals surface area contributed by atoms with Crippen LogP contribution in [0.15, 0.2) is 54.9 Å². The van der Waals surface area contributed by atoms with Crippen molar-refractivity contribution in [1.82, 2.24) is 14.9 Å². The van der Waals surface area contributed by atoms with Crippen LogP contribution in [-0.4, -0.2) is 35.0 Å². The Morgan fingerprint density at radius 3 is 2.50 bits per heavy atom. The number of hydrogen-bond acceptors (Lipinski definition) is 2. The first kappa shape index (κ1) is 17.0. The molecular formula is C22H24FN3. The van der Waals surface area contributed by atoms with Gasteiger partial charge in [0.1, 0.15) is 5.82 Å². The van der Waals surface area contributed by atoms with Crippen molar-refractivity contribution in [3.05, 3.63) is 66.4 Å². The van der Waals surface area contributed by atoms with Crippen LogP contribution in [0.4, 0.5) is 4.39 Å². The Morgan fingerprint density at radius 1 is 1.08 bits per heavy atom. The number of aromatic amines is 1. The molecule has 4 rings (SSSR count). The number of piperidine rings is 1. The van der Waals surface area contributed by atoms with E-state index in [1.807, 2.05) is 36.7 Å². The summed E-state index contributed by atoms with van der Waals surface area (Å²) in [7, 11) is 2.19. The van der Waals surface area contributed by atoms with E-state index in [4.69, 9.17) is 0 Å². The molecule has 1 aliphatic rings. The Bertz CT molecular complexity index is 870. The summed E-state index contributed by atoms with van der Waals surface area (Å²) in [6.07, 6.45) is 4.78. The lowest BCUT2D eigenvalue weighted by Crippen LogP contribution is -2.35. The van der Waals surface area contributed by atoms with Crippen molar-refractivity contribution < 1.29 is 4.39 Å². The maximum Gasteiger partial charge on any atom is 0.123 e. The molecule has 0 radical (unpaired) electrons. The molecule has 4 heteroatoms. The van der Waals surface area contributed by atoms with Gasteiger partial charge in [-0.15, -0.1) is 0 Å². The van der Waals surface area contributed by atoms with Crippen molar-refractivity contribution in [1.29, 1.82) is 0 Å². The zero-order chi connectivity index (χ0) is 18.1. The SMILES string of the molecule is C[C@H]1CN(C)CC[C@@H]1c1cc(-c2ccncc2)c(-c2ccc(F)cc2)[nH]1. The third kappa shape index (κ3) is 3.29. The molecule has 0 aliphatic carbocycles. The third-order valence-corrected chi connectivity index (χ3v) is 5.47. The normalized spacial score (nSPS) is 21.0. The molecule has 0 unspecified atom stereocenters. The summed E-state index contributed by atoms with van der Waals surface area (Å²) in [6.45, 7) is 4.55. The molecular weight excluding hydrogens is 325 g/mol. The second kappa shape index (κ2) is 7.04. The van der Waals surface area contributed by atoms with Crippen LogP contribution in [0.25, 0.3) is 22.4 Å². The second-order valence-electron chi connectivity index (χ2n) is 7.39. The molecule has 1 N–H and O–H groups in total. The minimum absolute atomic E-state index is 0.213. The van der Waals surface area contributed by atoms with Gasteiger partial charge in [-0.25, -0.2) is 4.39 Å². The van der Waals surface area contributed by atoms with Crippen molar-refractivity contribution in [2.24, 2.45) is 5.92 Å². The first-order chi connectivity index (χ1) is 12.6. The van der Waals surface area contributed by atoms with Gasteiger partial charge in [-0.05, 0) is 79.5 Å². The average Bonchev–Trinajstić information content (AvgIpc) is 3.08. The summed E-state index contributed by atoms with van der Waals surface area (Å²) in [5.41, 5.74) is 5.61. The Balaban J connectivity index is 1.79. The zero-order valence-corrected chi connectivity index (χ0v) is 15.2. The standard InChI is InChI=1S/C22H24FN3/c1-15-14-26(2)12-9-19(15)21-13-20(16-7-10-24-11-8-16)22(25-21)17-3-5-18(23)6-4-17/h3-8,10-11,13,15,19,25H,9,12,14H2,1-2H3/t15-,19-/m0/s1. The number of hydrogen-bond donors (Lipinski definition) is 1. The molecule has 2 aromatic heterocycles. The first-order valence-electron chi connectivity index (χ1n) is 9.19. The molecule has 26 heavy (non-hydrogen) atoms. The Labute approximate surface area is 153 Å². The molecule has 0 amide bonds. The number of benzene rings is 1. The van der Waals surface area contributed by atoms with Crippen molar-refractivity contribution in [2.75, 3.05) is 20.1 Å². The minimum atomic E-state index is -0.213. The van der Waals surface area contributed by atoms with Crippen LogP contribution in [0.1, 0.15) is 25.0 Å². The van der Waals surface area contributed by atoms with E-state index in [2.05, 4.69) is 34.9 Å². The van der Waals surface area contributed by atoms with Gasteiger partial charge in [-0.1, -0.05) is 6.92 Å². The number of nitrogens with zero attached hydrogens (tertiary/aromatic N) is 2. The monoisotopic (exact) mass is 349 g/mol. The smallest absolute Gasteiger partial charge is 0.123 e. The number of aromatic nitrogens is 2. The Kier molecular flexibility index (Phi) is 4.60. The zero-order valence-electron chi connectivity index (χ0n) is 15.2. The predicted molar refractivity (Wildman–Crippen MR) is 103 cm³/mol. The van der Waals surface area contributed by atoms with Gasteiger partial charge in [-0.2, -0.15) is 0 Å². The van der Waals surface area contributed by atoms with Crippen molar-refractivity contribution in [3.8, 4) is 22.4 Å². The molecule has 0 bridgehead atoms. The summed E-state index contributed by atoms with van der Waals surface area (Å²) in [5.74, 6) is 0.898. The fourth-order valence-corrected chi connectivity index (χ4v) is 4.09. The maximum absolute atomic E-state index is 13.4. The lowest BCUT2D eigenvalue weighted by Gasteiger charge is -2.34. The highest BCUT2D eigenvalue weighted by molar-refractivity contribution is 5.82. The predicted octanol–water partition coefficient (Wildman–Crippen LogP) is 4.94. The molecule has 1 aliphatic heterocycles. The van der Waals surface area contributed by atoms with Gasteiger partial charge in [0.05, 0.1) is 5.69 Å². The molecule has 0 saturated carbocycles. The van der Waals surface area contributed by atoms with Crippen LogP contribution >= 0.6 is 0 Å². The topological polar surface area (TPSA) is 31.9 Å². The number of rotatable bonds is 3. The maximum atomic E-state index is 13.4. The fraction of sp³-hybridized carbons (Fsp3) is 0.318. The number of pyridine rings is 1. The van der Waals surface area contributed by atoms with E-state index in [1.165, 1.54) is 17.8 Å². The largest absolute Gasteiger partial charge is 0.358 e. The first-order valence-corrected chi connectivity index (χ1v) is 9.19. The molecule has 3 nitrogen and oxygen atoms in total. The van der Waals surface area contributed by atoms with Crippen LogP contribution < -0.4 is 0 Å². The van der Waals surface area contributed by atoms with Crippen LogP contribution in [-0.2, 0) is 0 Å². The number of nitrogens with one attached hydrogen (secondary N) is 1. The lowest BCUT2D eigenvalue weighted by molar-refractivity contribution is 0.194. The minimum Gasteiger partial charge on any atom is -0.358 e. The van der Waals surface area contributed by atoms with Crippen molar-refractivity contribution >= 4 is 0 Å². The number of halogens is 1. The molecule has 1 fully saturated rings. The molecule has 1 saturated heterocycles. The lowest BCUT2D eigenvalue weighted by atomic mass is 9.84. The highest BCUT2D eigenvalue weighted by Gasteiger charge is 2.28. The summed E-state index contributed by atoms with van der Waals surface area (Å²) in [4.78, 5) is 10.2. The molecule has 0 spiro atoms. The van der Waals surface area contributed by atoms with Crippen LogP contribution in [0.3, 0.4) is 0 Å². The average molecular weight is 349 g/mol. The van der Waals surface area contributed by atoms with Gasteiger partial charge in [0.15, 0.2) is 0 Å². The van der Waals surface area contributed by atoms with Gasteiger partial charge >= 0.3 is 0 Å². The second-order valence-corrected chi connectivity index (χ2v) is 7.39. The number of H-pyrrole nitrogens is 1. The molecule has 134 valence electrons. The van der Waals surface area contributed by atoms with Gasteiger partial charge in [0.2, 0.25) is 0 Å². The summed E-state index contributed by atoms with van der Waals surface area (Å²) in [6, 6.07) is 13.0. The van der Waals surface area contributed by atoms with E-state index in [0.717, 1.165) is 41.9 Å². The molecule has 2 atom stereocenters. The Hall–Kier alpha value is -2.46. The van der Waals surface area contributed by atoms with E-state index >= 15 is 0 Å². The van der Waals surface area contributed by atoms with Gasteiger partial charge in [0.25, 0.3) is 0 Å². The quantitative estimate of drug-likeness (QED) is 0.726. The van der Waals surface area contributed by atoms with E-state index in [1.54, 1.807) is 0 Å². The Morgan fingerprint density at radius 2 is 1.81 bits per heavy atom. The summed E-state index contributed by atoms with van der Waals surface area (Å²) >= 11 is 0. The van der Waals surface area contributed by atoms with Crippen molar-refractivity contribution in [3.63, 3.8) is 0 Å². The highest BCUT2D eigenvalue weighted by atomic mass is 19.1. The van der Waals surface area contributed by atoms with E-state index in [-0.39, 0.29) is 5.82 Å². The van der Waals surface area contributed by atoms with E-state index in [0.29, 0.717) is 11.8 Å². The van der Waals surface area contributed by atoms with Gasteiger partial charge in [-0.3, -0.25) is 4.98 Å². The number of likely N-dealkylation sites (tertiary alicyclic amines) is 1. The fourth-order valence-electron chi connectivity index (χ4n) is 4.09.